The molecule has 1 N–H and O–H groups in total. The first kappa shape index (κ1) is 20.4. The lowest BCUT2D eigenvalue weighted by Crippen LogP contribution is -2.34. The van der Waals surface area contributed by atoms with Crippen molar-refractivity contribution < 1.29 is 14.3 Å². The smallest absolute Gasteiger partial charge is 0.275 e. The highest BCUT2D eigenvalue weighted by Gasteiger charge is 2.15. The second kappa shape index (κ2) is 9.23. The van der Waals surface area contributed by atoms with Crippen LogP contribution in [0.15, 0.2) is 53.5 Å². The van der Waals surface area contributed by atoms with Crippen LogP contribution < -0.4 is 20.3 Å². The minimum absolute atomic E-state index is 0.149. The number of rotatable bonds is 8. The number of benzene rings is 2. The molecule has 0 radical (unpaired) electrons. The highest BCUT2D eigenvalue weighted by molar-refractivity contribution is 5.81. The fourth-order valence-electron chi connectivity index (χ4n) is 3.08. The molecule has 3 aromatic rings. The topological polar surface area (TPSA) is 82.5 Å². The van der Waals surface area contributed by atoms with E-state index in [9.17, 15) is 9.59 Å². The van der Waals surface area contributed by atoms with Crippen molar-refractivity contribution in [1.82, 2.24) is 15.1 Å². The third-order valence-corrected chi connectivity index (χ3v) is 4.50. The van der Waals surface area contributed by atoms with Crippen molar-refractivity contribution in [2.45, 2.75) is 33.4 Å². The van der Waals surface area contributed by atoms with Gasteiger partial charge in [0.15, 0.2) is 11.5 Å². The predicted molar refractivity (Wildman–Crippen MR) is 111 cm³/mol. The zero-order valence-electron chi connectivity index (χ0n) is 16.8. The summed E-state index contributed by atoms with van der Waals surface area (Å²) >= 11 is 0. The summed E-state index contributed by atoms with van der Waals surface area (Å²) in [4.78, 5) is 25.0. The summed E-state index contributed by atoms with van der Waals surface area (Å²) < 4.78 is 12.4. The number of ether oxygens (including phenoxy) is 2. The van der Waals surface area contributed by atoms with Crippen LogP contribution in [0, 0.1) is 0 Å². The van der Waals surface area contributed by atoms with E-state index in [-0.39, 0.29) is 24.1 Å². The van der Waals surface area contributed by atoms with E-state index in [0.717, 1.165) is 10.9 Å². The van der Waals surface area contributed by atoms with Gasteiger partial charge >= 0.3 is 0 Å². The number of nitrogens with zero attached hydrogens (tertiary/aromatic N) is 2. The molecule has 29 heavy (non-hydrogen) atoms. The van der Waals surface area contributed by atoms with Crippen molar-refractivity contribution in [2.24, 2.45) is 0 Å². The Morgan fingerprint density at radius 1 is 1.10 bits per heavy atom. The molecule has 0 aliphatic heterocycles. The third-order valence-electron chi connectivity index (χ3n) is 4.50. The number of nitrogens with one attached hydrogen (secondary N) is 1. The third kappa shape index (κ3) is 4.74. The first-order valence-corrected chi connectivity index (χ1v) is 9.67. The average Bonchev–Trinajstić information content (AvgIpc) is 2.72. The number of amides is 1. The number of aromatic nitrogens is 2. The van der Waals surface area contributed by atoms with E-state index in [1.807, 2.05) is 51.1 Å². The number of hydrogen-bond donors (Lipinski definition) is 1. The van der Waals surface area contributed by atoms with E-state index in [1.165, 1.54) is 4.68 Å². The van der Waals surface area contributed by atoms with Gasteiger partial charge in [-0.3, -0.25) is 9.59 Å². The van der Waals surface area contributed by atoms with Gasteiger partial charge in [0.2, 0.25) is 5.91 Å². The molecular formula is C22H25N3O4. The molecule has 0 aliphatic rings. The van der Waals surface area contributed by atoms with E-state index in [2.05, 4.69) is 10.4 Å². The Labute approximate surface area is 169 Å². The van der Waals surface area contributed by atoms with Crippen LogP contribution >= 0.6 is 0 Å². The van der Waals surface area contributed by atoms with Crippen molar-refractivity contribution in [2.75, 3.05) is 13.2 Å². The van der Waals surface area contributed by atoms with Gasteiger partial charge in [0.1, 0.15) is 6.54 Å². The maximum atomic E-state index is 12.5. The van der Waals surface area contributed by atoms with Gasteiger partial charge in [0.25, 0.3) is 5.56 Å². The standard InChI is InChI=1S/C22H25N3O4/c1-4-28-19-11-10-16(12-20(19)29-5-2)15(3)24-21(26)14-25-22(27)18-9-7-6-8-17(18)13-23-25/h6-13,15H,4-5,14H2,1-3H3,(H,24,26). The van der Waals surface area contributed by atoms with Crippen molar-refractivity contribution >= 4 is 16.7 Å². The maximum absolute atomic E-state index is 12.5. The SMILES string of the molecule is CCOc1ccc(C(C)NC(=O)Cn2ncc3ccccc3c2=O)cc1OCC. The first-order valence-electron chi connectivity index (χ1n) is 9.67. The molecule has 7 nitrogen and oxygen atoms in total. The Kier molecular flexibility index (Phi) is 6.49. The highest BCUT2D eigenvalue weighted by Crippen LogP contribution is 2.30. The maximum Gasteiger partial charge on any atom is 0.275 e. The minimum atomic E-state index is -0.297. The molecule has 1 atom stereocenters. The molecule has 1 unspecified atom stereocenters. The van der Waals surface area contributed by atoms with Crippen LogP contribution in [0.25, 0.3) is 10.8 Å². The van der Waals surface area contributed by atoms with E-state index >= 15 is 0 Å². The molecule has 152 valence electrons. The second-order valence-electron chi connectivity index (χ2n) is 6.56. The molecule has 7 heteroatoms. The Balaban J connectivity index is 1.73. The van der Waals surface area contributed by atoms with Crippen LogP contribution in [0.1, 0.15) is 32.4 Å². The van der Waals surface area contributed by atoms with Crippen LogP contribution in [-0.2, 0) is 11.3 Å². The Morgan fingerprint density at radius 2 is 1.83 bits per heavy atom. The number of carbonyl (C=O) groups is 1. The predicted octanol–water partition coefficient (Wildman–Crippen LogP) is 3.07. The molecule has 3 rings (SSSR count). The molecule has 1 amide bonds. The second-order valence-corrected chi connectivity index (χ2v) is 6.56. The summed E-state index contributed by atoms with van der Waals surface area (Å²) in [6.07, 6.45) is 1.59. The van der Waals surface area contributed by atoms with Crippen LogP contribution in [0.2, 0.25) is 0 Å². The zero-order chi connectivity index (χ0) is 20.8. The highest BCUT2D eigenvalue weighted by atomic mass is 16.5. The molecule has 0 bridgehead atoms. The van der Waals surface area contributed by atoms with Crippen LogP contribution in [0.5, 0.6) is 11.5 Å². The molecule has 2 aromatic carbocycles. The summed E-state index contributed by atoms with van der Waals surface area (Å²) in [6.45, 7) is 6.60. The Hall–Kier alpha value is -3.35. The summed E-state index contributed by atoms with van der Waals surface area (Å²) in [6, 6.07) is 12.5. The average molecular weight is 395 g/mol. The summed E-state index contributed by atoms with van der Waals surface area (Å²) in [5.74, 6) is 1.01. The lowest BCUT2D eigenvalue weighted by molar-refractivity contribution is -0.122. The molecule has 0 spiro atoms. The van der Waals surface area contributed by atoms with Gasteiger partial charge in [0, 0.05) is 5.39 Å². The molecule has 1 heterocycles. The summed E-state index contributed by atoms with van der Waals surface area (Å²) in [5, 5.41) is 8.30. The molecule has 0 saturated heterocycles. The zero-order valence-corrected chi connectivity index (χ0v) is 16.8. The molecule has 0 saturated carbocycles. The largest absolute Gasteiger partial charge is 0.490 e. The first-order chi connectivity index (χ1) is 14.0. The van der Waals surface area contributed by atoms with Gasteiger partial charge in [-0.2, -0.15) is 5.10 Å². The number of hydrogen-bond acceptors (Lipinski definition) is 5. The fraction of sp³-hybridized carbons (Fsp3) is 0.318. The van der Waals surface area contributed by atoms with E-state index in [0.29, 0.717) is 30.1 Å². The Bertz CT molecular complexity index is 1060. The molecule has 0 fully saturated rings. The molecular weight excluding hydrogens is 370 g/mol. The van der Waals surface area contributed by atoms with E-state index < -0.39 is 0 Å². The van der Waals surface area contributed by atoms with E-state index in [1.54, 1.807) is 18.3 Å². The van der Waals surface area contributed by atoms with Gasteiger partial charge in [-0.05, 0) is 44.5 Å². The van der Waals surface area contributed by atoms with Gasteiger partial charge in [-0.25, -0.2) is 4.68 Å². The summed E-state index contributed by atoms with van der Waals surface area (Å²) in [7, 11) is 0. The van der Waals surface area contributed by atoms with E-state index in [4.69, 9.17) is 9.47 Å². The van der Waals surface area contributed by atoms with Crippen LogP contribution in [0.4, 0.5) is 0 Å². The lowest BCUT2D eigenvalue weighted by Gasteiger charge is -2.17. The number of fused-ring (bicyclic) bond motifs is 1. The van der Waals surface area contributed by atoms with Gasteiger partial charge in [-0.1, -0.05) is 24.3 Å². The van der Waals surface area contributed by atoms with Gasteiger partial charge < -0.3 is 14.8 Å². The van der Waals surface area contributed by atoms with Crippen molar-refractivity contribution in [1.29, 1.82) is 0 Å². The normalized spacial score (nSPS) is 11.8. The fourth-order valence-corrected chi connectivity index (χ4v) is 3.08. The summed E-state index contributed by atoms with van der Waals surface area (Å²) in [5.41, 5.74) is 0.592. The van der Waals surface area contributed by atoms with Gasteiger partial charge in [-0.15, -0.1) is 0 Å². The number of carbonyl (C=O) groups excluding carboxylic acids is 1. The molecule has 0 aliphatic carbocycles. The molecule has 1 aromatic heterocycles. The van der Waals surface area contributed by atoms with Crippen LogP contribution in [-0.4, -0.2) is 28.9 Å². The quantitative estimate of drug-likeness (QED) is 0.634. The van der Waals surface area contributed by atoms with Crippen molar-refractivity contribution in [3.05, 3.63) is 64.6 Å². The van der Waals surface area contributed by atoms with Gasteiger partial charge in [0.05, 0.1) is 30.8 Å². The monoisotopic (exact) mass is 395 g/mol. The van der Waals surface area contributed by atoms with Crippen molar-refractivity contribution in [3.8, 4) is 11.5 Å². The van der Waals surface area contributed by atoms with Crippen LogP contribution in [0.3, 0.4) is 0 Å². The van der Waals surface area contributed by atoms with Crippen molar-refractivity contribution in [3.63, 3.8) is 0 Å². The Morgan fingerprint density at radius 3 is 2.59 bits per heavy atom. The minimum Gasteiger partial charge on any atom is -0.490 e. The lowest BCUT2D eigenvalue weighted by atomic mass is 10.1.